The topological polar surface area (TPSA) is 87.0 Å². The average molecular weight is 411 g/mol. The van der Waals surface area contributed by atoms with Crippen LogP contribution < -0.4 is 0 Å². The van der Waals surface area contributed by atoms with Crippen molar-refractivity contribution in [1.29, 1.82) is 0 Å². The van der Waals surface area contributed by atoms with Crippen molar-refractivity contribution >= 4 is 21.7 Å². The van der Waals surface area contributed by atoms with Crippen molar-refractivity contribution in [3.05, 3.63) is 35.1 Å². The Morgan fingerprint density at radius 3 is 2.86 bits per heavy atom. The lowest BCUT2D eigenvalue weighted by Gasteiger charge is -2.38. The van der Waals surface area contributed by atoms with Gasteiger partial charge in [0.25, 0.3) is 0 Å². The van der Waals surface area contributed by atoms with Gasteiger partial charge in [0.05, 0.1) is 5.75 Å². The molecule has 1 N–H and O–H groups in total. The molecule has 0 bridgehead atoms. The molecule has 0 radical (unpaired) electrons. The molecule has 2 atom stereocenters. The van der Waals surface area contributed by atoms with Crippen molar-refractivity contribution in [3.8, 4) is 0 Å². The molecule has 2 heterocycles. The summed E-state index contributed by atoms with van der Waals surface area (Å²) in [5.74, 6) is -1.26. The Morgan fingerprint density at radius 1 is 1.36 bits per heavy atom. The number of carbonyl (C=O) groups is 1. The SMILES string of the molecule is CCCS(=O)(=O)N1CC[C@@H](CC(=O)O)[C@@H](CC2=NCCc3cc(F)ccc32)C1. The first-order valence-electron chi connectivity index (χ1n) is 9.82. The van der Waals surface area contributed by atoms with E-state index < -0.39 is 16.0 Å². The zero-order chi connectivity index (χ0) is 20.3. The summed E-state index contributed by atoms with van der Waals surface area (Å²) in [6, 6.07) is 4.66. The van der Waals surface area contributed by atoms with Crippen molar-refractivity contribution in [2.24, 2.45) is 16.8 Å². The Morgan fingerprint density at radius 2 is 2.14 bits per heavy atom. The number of aliphatic carboxylic acids is 1. The fourth-order valence-electron chi connectivity index (χ4n) is 4.28. The first-order valence-corrected chi connectivity index (χ1v) is 11.4. The Bertz CT molecular complexity index is 869. The molecule has 2 aliphatic rings. The number of nitrogens with zero attached hydrogens (tertiary/aromatic N) is 2. The largest absolute Gasteiger partial charge is 0.481 e. The molecule has 28 heavy (non-hydrogen) atoms. The molecule has 0 amide bonds. The van der Waals surface area contributed by atoms with Crippen LogP contribution in [0.3, 0.4) is 0 Å². The van der Waals surface area contributed by atoms with Crippen LogP contribution in [0.25, 0.3) is 0 Å². The zero-order valence-electron chi connectivity index (χ0n) is 16.1. The van der Waals surface area contributed by atoms with E-state index in [-0.39, 0.29) is 29.8 Å². The van der Waals surface area contributed by atoms with Crippen LogP contribution in [0.5, 0.6) is 0 Å². The van der Waals surface area contributed by atoms with E-state index in [1.54, 1.807) is 6.07 Å². The number of aliphatic imine (C=N–C) groups is 1. The van der Waals surface area contributed by atoms with E-state index in [1.807, 2.05) is 6.92 Å². The minimum Gasteiger partial charge on any atom is -0.481 e. The van der Waals surface area contributed by atoms with Crippen LogP contribution in [0.2, 0.25) is 0 Å². The third kappa shape index (κ3) is 4.78. The summed E-state index contributed by atoms with van der Waals surface area (Å²) in [6.45, 7) is 3.08. The van der Waals surface area contributed by atoms with Gasteiger partial charge in [0, 0.05) is 31.8 Å². The van der Waals surface area contributed by atoms with Crippen LogP contribution >= 0.6 is 0 Å². The fourth-order valence-corrected chi connectivity index (χ4v) is 5.86. The number of hydrogen-bond donors (Lipinski definition) is 1. The quantitative estimate of drug-likeness (QED) is 0.749. The monoisotopic (exact) mass is 410 g/mol. The summed E-state index contributed by atoms with van der Waals surface area (Å²) >= 11 is 0. The second-order valence-corrected chi connectivity index (χ2v) is 9.75. The number of benzene rings is 1. The summed E-state index contributed by atoms with van der Waals surface area (Å²) in [7, 11) is -3.33. The van der Waals surface area contributed by atoms with Gasteiger partial charge in [-0.2, -0.15) is 0 Å². The summed E-state index contributed by atoms with van der Waals surface area (Å²) in [4.78, 5) is 15.9. The third-order valence-electron chi connectivity index (χ3n) is 5.66. The molecular weight excluding hydrogens is 383 g/mol. The molecule has 8 heteroatoms. The van der Waals surface area contributed by atoms with Crippen LogP contribution in [0.15, 0.2) is 23.2 Å². The Labute approximate surface area is 165 Å². The lowest BCUT2D eigenvalue weighted by atomic mass is 9.79. The van der Waals surface area contributed by atoms with E-state index in [0.29, 0.717) is 45.3 Å². The predicted molar refractivity (Wildman–Crippen MR) is 106 cm³/mol. The Hall–Kier alpha value is -1.80. The summed E-state index contributed by atoms with van der Waals surface area (Å²) < 4.78 is 40.1. The number of carboxylic acids is 1. The lowest BCUT2D eigenvalue weighted by Crippen LogP contribution is -2.45. The zero-order valence-corrected chi connectivity index (χ0v) is 16.9. The number of carboxylic acid groups (broad SMARTS) is 1. The Balaban J connectivity index is 1.83. The van der Waals surface area contributed by atoms with E-state index >= 15 is 0 Å². The van der Waals surface area contributed by atoms with Crippen LogP contribution in [0.1, 0.15) is 43.7 Å². The van der Waals surface area contributed by atoms with Crippen molar-refractivity contribution in [2.75, 3.05) is 25.4 Å². The normalized spacial score (nSPS) is 23.1. The molecule has 3 rings (SSSR count). The number of sulfonamides is 1. The van der Waals surface area contributed by atoms with Gasteiger partial charge in [-0.1, -0.05) is 6.92 Å². The molecule has 1 aromatic carbocycles. The molecule has 0 aromatic heterocycles. The number of fused-ring (bicyclic) bond motifs is 1. The van der Waals surface area contributed by atoms with Crippen molar-refractivity contribution in [1.82, 2.24) is 4.31 Å². The first kappa shape index (κ1) is 20.9. The Kier molecular flexibility index (Phi) is 6.50. The van der Waals surface area contributed by atoms with Crippen molar-refractivity contribution in [2.45, 2.75) is 39.0 Å². The average Bonchev–Trinajstić information content (AvgIpc) is 2.62. The molecule has 0 aliphatic carbocycles. The predicted octanol–water partition coefficient (Wildman–Crippen LogP) is 2.71. The second kappa shape index (κ2) is 8.69. The van der Waals surface area contributed by atoms with Crippen LogP contribution in [0, 0.1) is 17.7 Å². The minimum absolute atomic E-state index is 0.0237. The van der Waals surface area contributed by atoms with Gasteiger partial charge in [0.2, 0.25) is 10.0 Å². The van der Waals surface area contributed by atoms with Crippen LogP contribution in [-0.2, 0) is 21.2 Å². The van der Waals surface area contributed by atoms with Gasteiger partial charge in [-0.05, 0) is 66.8 Å². The highest BCUT2D eigenvalue weighted by atomic mass is 32.2. The highest BCUT2D eigenvalue weighted by molar-refractivity contribution is 7.89. The van der Waals surface area contributed by atoms with Gasteiger partial charge >= 0.3 is 5.97 Å². The lowest BCUT2D eigenvalue weighted by molar-refractivity contribution is -0.138. The van der Waals surface area contributed by atoms with Crippen LogP contribution in [0.4, 0.5) is 4.39 Å². The van der Waals surface area contributed by atoms with E-state index in [1.165, 1.54) is 16.4 Å². The van der Waals surface area contributed by atoms with E-state index in [9.17, 15) is 22.7 Å². The molecular formula is C20H27FN2O4S. The van der Waals surface area contributed by atoms with Crippen LogP contribution in [-0.4, -0.2) is 54.9 Å². The van der Waals surface area contributed by atoms with Crippen molar-refractivity contribution < 1.29 is 22.7 Å². The van der Waals surface area contributed by atoms with E-state index in [0.717, 1.165) is 16.8 Å². The maximum Gasteiger partial charge on any atom is 0.303 e. The maximum atomic E-state index is 13.6. The highest BCUT2D eigenvalue weighted by Gasteiger charge is 2.36. The van der Waals surface area contributed by atoms with Gasteiger partial charge in [-0.25, -0.2) is 17.1 Å². The highest BCUT2D eigenvalue weighted by Crippen LogP contribution is 2.33. The second-order valence-electron chi connectivity index (χ2n) is 7.66. The van der Waals surface area contributed by atoms with E-state index in [2.05, 4.69) is 4.99 Å². The first-order chi connectivity index (χ1) is 13.3. The van der Waals surface area contributed by atoms with Gasteiger partial charge in [0.1, 0.15) is 5.82 Å². The summed E-state index contributed by atoms with van der Waals surface area (Å²) in [5, 5.41) is 9.28. The number of hydrogen-bond acceptors (Lipinski definition) is 4. The van der Waals surface area contributed by atoms with Gasteiger partial charge in [-0.3, -0.25) is 9.79 Å². The van der Waals surface area contributed by atoms with Gasteiger partial charge in [0.15, 0.2) is 0 Å². The fraction of sp³-hybridized carbons (Fsp3) is 0.600. The number of piperidine rings is 1. The third-order valence-corrected chi connectivity index (χ3v) is 7.71. The number of halogens is 1. The summed E-state index contributed by atoms with van der Waals surface area (Å²) in [6.07, 6.45) is 2.29. The minimum atomic E-state index is -3.33. The molecule has 0 unspecified atom stereocenters. The van der Waals surface area contributed by atoms with E-state index in [4.69, 9.17) is 0 Å². The molecule has 0 spiro atoms. The van der Waals surface area contributed by atoms with Crippen molar-refractivity contribution in [3.63, 3.8) is 0 Å². The molecule has 2 aliphatic heterocycles. The summed E-state index contributed by atoms with van der Waals surface area (Å²) in [5.41, 5.74) is 2.64. The standard InChI is InChI=1S/C20H27FN2O4S/c1-2-9-28(26,27)23-8-6-14(12-20(24)25)16(13-23)11-19-18-4-3-17(21)10-15(18)5-7-22-19/h3-4,10,14,16H,2,5-9,11-13H2,1H3,(H,24,25)/t14-,16-/m0/s1. The smallest absolute Gasteiger partial charge is 0.303 e. The molecule has 1 saturated heterocycles. The maximum absolute atomic E-state index is 13.6. The molecule has 6 nitrogen and oxygen atoms in total. The van der Waals surface area contributed by atoms with Gasteiger partial charge in [-0.15, -0.1) is 0 Å². The molecule has 1 fully saturated rings. The molecule has 0 saturated carbocycles. The van der Waals surface area contributed by atoms with Gasteiger partial charge < -0.3 is 5.11 Å². The molecule has 154 valence electrons. The number of rotatable bonds is 7. The molecule has 1 aromatic rings.